The van der Waals surface area contributed by atoms with Crippen LogP contribution in [0.1, 0.15) is 12.5 Å². The van der Waals surface area contributed by atoms with Crippen molar-refractivity contribution in [2.45, 2.75) is 13.8 Å². The van der Waals surface area contributed by atoms with Crippen LogP contribution in [0.4, 0.5) is 0 Å². The average molecular weight is 444 g/mol. The molecule has 0 spiro atoms. The van der Waals surface area contributed by atoms with Gasteiger partial charge in [0.25, 0.3) is 0 Å². The van der Waals surface area contributed by atoms with Crippen LogP contribution in [0.15, 0.2) is 42.9 Å². The lowest BCUT2D eigenvalue weighted by atomic mass is 10.3. The number of ether oxygens (including phenoxy) is 1. The third kappa shape index (κ3) is 4.33. The zero-order valence-corrected chi connectivity index (χ0v) is 18.1. The van der Waals surface area contributed by atoms with Crippen LogP contribution in [-0.2, 0) is 11.2 Å². The maximum absolute atomic E-state index is 6.00. The minimum Gasteiger partial charge on any atom is -0.437 e. The Labute approximate surface area is 182 Å². The summed E-state index contributed by atoms with van der Waals surface area (Å²) in [5.41, 5.74) is 3.10. The van der Waals surface area contributed by atoms with Gasteiger partial charge in [0, 0.05) is 36.6 Å². The highest BCUT2D eigenvalue weighted by molar-refractivity contribution is 7.90. The fraction of sp³-hybridized carbons (Fsp3) is 0.200. The van der Waals surface area contributed by atoms with Crippen molar-refractivity contribution in [3.63, 3.8) is 0 Å². The molecule has 0 fully saturated rings. The lowest BCUT2D eigenvalue weighted by Crippen LogP contribution is -1.99. The summed E-state index contributed by atoms with van der Waals surface area (Å²) >= 11 is 6.87. The van der Waals surface area contributed by atoms with Crippen LogP contribution in [0.25, 0.3) is 22.7 Å². The topological polar surface area (TPSA) is 84.2 Å². The van der Waals surface area contributed by atoms with E-state index in [1.54, 1.807) is 36.8 Å². The molecule has 0 saturated heterocycles. The van der Waals surface area contributed by atoms with Crippen LogP contribution >= 0.6 is 23.9 Å². The molecule has 0 atom stereocenters. The van der Waals surface area contributed by atoms with Crippen LogP contribution in [-0.4, -0.2) is 31.1 Å². The summed E-state index contributed by atoms with van der Waals surface area (Å²) in [7, 11) is 1.88. The number of nitrogens with zero attached hydrogens (tertiary/aromatic N) is 5. The van der Waals surface area contributed by atoms with Gasteiger partial charge in [-0.1, -0.05) is 11.6 Å². The highest BCUT2D eigenvalue weighted by Gasteiger charge is 2.19. The van der Waals surface area contributed by atoms with Gasteiger partial charge in [-0.2, -0.15) is 0 Å². The van der Waals surface area contributed by atoms with E-state index in [9.17, 15) is 0 Å². The standard InChI is InChI=1S/C20H18ClN5O3S/c1-4-27-30-29-16-9-14(28-17-8-13(21)5-6-22-17)11-23-18(16)20-25-15-7-12(2)10-24-19(15)26(20)3/h5-11H,4H2,1-3H3. The Bertz CT molecular complexity index is 1200. The Morgan fingerprint density at radius 3 is 2.80 bits per heavy atom. The van der Waals surface area contributed by atoms with Crippen LogP contribution in [0.2, 0.25) is 5.02 Å². The van der Waals surface area contributed by atoms with Gasteiger partial charge in [0.1, 0.15) is 11.2 Å². The number of imidazole rings is 1. The summed E-state index contributed by atoms with van der Waals surface area (Å²) in [6, 6.07) is 6.97. The number of aromatic nitrogens is 5. The van der Waals surface area contributed by atoms with E-state index in [4.69, 9.17) is 29.7 Å². The second-order valence-corrected chi connectivity index (χ2v) is 7.31. The molecular formula is C20H18ClN5O3S. The third-order valence-corrected chi connectivity index (χ3v) is 4.91. The molecule has 0 aliphatic carbocycles. The Balaban J connectivity index is 1.74. The van der Waals surface area contributed by atoms with Gasteiger partial charge < -0.3 is 13.5 Å². The van der Waals surface area contributed by atoms with Crippen molar-refractivity contribution in [1.29, 1.82) is 0 Å². The summed E-state index contributed by atoms with van der Waals surface area (Å²) in [6.45, 7) is 4.34. The smallest absolute Gasteiger partial charge is 0.225 e. The van der Waals surface area contributed by atoms with E-state index in [1.165, 1.54) is 0 Å². The highest BCUT2D eigenvalue weighted by Crippen LogP contribution is 2.35. The molecule has 0 unspecified atom stereocenters. The molecule has 0 saturated carbocycles. The van der Waals surface area contributed by atoms with Crippen molar-refractivity contribution in [2.75, 3.05) is 6.61 Å². The fourth-order valence-electron chi connectivity index (χ4n) is 2.77. The van der Waals surface area contributed by atoms with Gasteiger partial charge in [0.2, 0.25) is 18.2 Å². The van der Waals surface area contributed by atoms with E-state index in [1.807, 2.05) is 31.5 Å². The molecular weight excluding hydrogens is 426 g/mol. The van der Waals surface area contributed by atoms with Gasteiger partial charge in [-0.3, -0.25) is 4.18 Å². The molecule has 4 aromatic rings. The van der Waals surface area contributed by atoms with Crippen LogP contribution in [0, 0.1) is 6.92 Å². The molecule has 0 aliphatic heterocycles. The number of pyridine rings is 3. The van der Waals surface area contributed by atoms with Crippen molar-refractivity contribution in [3.05, 3.63) is 53.4 Å². The van der Waals surface area contributed by atoms with Crippen molar-refractivity contribution in [3.8, 4) is 28.9 Å². The van der Waals surface area contributed by atoms with E-state index in [0.717, 1.165) is 29.1 Å². The Morgan fingerprint density at radius 2 is 2.00 bits per heavy atom. The zero-order chi connectivity index (χ0) is 21.1. The molecule has 0 aliphatic rings. The maximum Gasteiger partial charge on any atom is 0.225 e. The minimum absolute atomic E-state index is 0.350. The maximum atomic E-state index is 6.00. The Kier molecular flexibility index (Phi) is 6.03. The van der Waals surface area contributed by atoms with Gasteiger partial charge in [-0.25, -0.2) is 19.9 Å². The lowest BCUT2D eigenvalue weighted by Gasteiger charge is -2.11. The minimum atomic E-state index is 0.350. The predicted molar refractivity (Wildman–Crippen MR) is 116 cm³/mol. The predicted octanol–water partition coefficient (Wildman–Crippen LogP) is 5.16. The molecule has 0 N–H and O–H groups in total. The molecule has 0 radical (unpaired) electrons. The van der Waals surface area contributed by atoms with E-state index in [0.29, 0.717) is 40.5 Å². The molecule has 30 heavy (non-hydrogen) atoms. The van der Waals surface area contributed by atoms with Gasteiger partial charge in [0.15, 0.2) is 23.0 Å². The van der Waals surface area contributed by atoms with E-state index in [-0.39, 0.29) is 0 Å². The second-order valence-electron chi connectivity index (χ2n) is 6.34. The SMILES string of the molecule is CCOSOc1cc(Oc2cc(Cl)ccn2)cnc1-c1nc2cc(C)cnc2n1C. The molecule has 154 valence electrons. The fourth-order valence-corrected chi connectivity index (χ4v) is 3.27. The van der Waals surface area contributed by atoms with Crippen LogP contribution in [0.5, 0.6) is 17.4 Å². The summed E-state index contributed by atoms with van der Waals surface area (Å²) in [5, 5.41) is 0.524. The van der Waals surface area contributed by atoms with E-state index in [2.05, 4.69) is 15.0 Å². The molecule has 4 rings (SSSR count). The average Bonchev–Trinajstić information content (AvgIpc) is 3.04. The molecule has 4 heterocycles. The first-order valence-corrected chi connectivity index (χ1v) is 10.1. The monoisotopic (exact) mass is 443 g/mol. The summed E-state index contributed by atoms with van der Waals surface area (Å²) in [6.07, 6.45) is 4.95. The highest BCUT2D eigenvalue weighted by atomic mass is 35.5. The van der Waals surface area contributed by atoms with Crippen molar-refractivity contribution >= 4 is 35.1 Å². The number of hydrogen-bond donors (Lipinski definition) is 0. The third-order valence-electron chi connectivity index (χ3n) is 4.09. The second kappa shape index (κ2) is 8.86. The first-order valence-electron chi connectivity index (χ1n) is 9.10. The Morgan fingerprint density at radius 1 is 1.13 bits per heavy atom. The molecule has 0 amide bonds. The summed E-state index contributed by atoms with van der Waals surface area (Å²) in [5.74, 6) is 1.84. The van der Waals surface area contributed by atoms with Crippen LogP contribution in [0.3, 0.4) is 0 Å². The normalized spacial score (nSPS) is 11.1. The summed E-state index contributed by atoms with van der Waals surface area (Å²) in [4.78, 5) is 17.8. The zero-order valence-electron chi connectivity index (χ0n) is 16.5. The number of hydrogen-bond acceptors (Lipinski definition) is 8. The van der Waals surface area contributed by atoms with Gasteiger partial charge >= 0.3 is 0 Å². The van der Waals surface area contributed by atoms with Crippen molar-refractivity contribution < 1.29 is 13.1 Å². The molecule has 10 heteroatoms. The molecule has 0 aromatic carbocycles. The molecule has 0 bridgehead atoms. The van der Waals surface area contributed by atoms with Crippen molar-refractivity contribution in [1.82, 2.24) is 24.5 Å². The van der Waals surface area contributed by atoms with Gasteiger partial charge in [0.05, 0.1) is 12.8 Å². The lowest BCUT2D eigenvalue weighted by molar-refractivity contribution is 0.369. The molecule has 8 nitrogen and oxygen atoms in total. The van der Waals surface area contributed by atoms with E-state index >= 15 is 0 Å². The van der Waals surface area contributed by atoms with Gasteiger partial charge in [-0.05, 0) is 31.5 Å². The first kappa shape index (κ1) is 20.4. The largest absolute Gasteiger partial charge is 0.437 e. The number of rotatable bonds is 7. The number of aryl methyl sites for hydroxylation is 2. The van der Waals surface area contributed by atoms with Crippen molar-refractivity contribution in [2.24, 2.45) is 7.05 Å². The Hall–Kier alpha value is -2.88. The number of halogens is 1. The summed E-state index contributed by atoms with van der Waals surface area (Å²) < 4.78 is 18.6. The van der Waals surface area contributed by atoms with Gasteiger partial charge in [-0.15, -0.1) is 0 Å². The molecule has 4 aromatic heterocycles. The first-order chi connectivity index (χ1) is 14.5. The van der Waals surface area contributed by atoms with E-state index < -0.39 is 0 Å². The number of fused-ring (bicyclic) bond motifs is 1. The van der Waals surface area contributed by atoms with Crippen LogP contribution < -0.4 is 8.92 Å². The quantitative estimate of drug-likeness (QED) is 0.286.